The molecule has 1 aliphatic rings. The Bertz CT molecular complexity index is 334. The van der Waals surface area contributed by atoms with E-state index in [9.17, 15) is 0 Å². The summed E-state index contributed by atoms with van der Waals surface area (Å²) in [5, 5.41) is 3.42. The summed E-state index contributed by atoms with van der Waals surface area (Å²) in [5.41, 5.74) is 0. The quantitative estimate of drug-likeness (QED) is 0.895. The molecule has 0 aliphatic carbocycles. The second-order valence-corrected chi connectivity index (χ2v) is 4.67. The van der Waals surface area contributed by atoms with Gasteiger partial charge in [-0.05, 0) is 28.3 Å². The van der Waals surface area contributed by atoms with Crippen LogP contribution in [0.15, 0.2) is 17.0 Å². The van der Waals surface area contributed by atoms with E-state index in [1.807, 2.05) is 0 Å². The predicted octanol–water partition coefficient (Wildman–Crippen LogP) is 2.08. The Balaban J connectivity index is 2.04. The van der Waals surface area contributed by atoms with Crippen LogP contribution >= 0.6 is 15.9 Å². The Kier molecular flexibility index (Phi) is 3.53. The first-order chi connectivity index (χ1) is 7.27. The molecule has 0 aromatic carbocycles. The Morgan fingerprint density at radius 3 is 3.20 bits per heavy atom. The molecule has 2 rings (SSSR count). The van der Waals surface area contributed by atoms with Crippen LogP contribution < -0.4 is 5.32 Å². The minimum Gasteiger partial charge on any atom is -0.381 e. The van der Waals surface area contributed by atoms with Crippen LogP contribution in [0.2, 0.25) is 0 Å². The molecule has 4 nitrogen and oxygen atoms in total. The maximum atomic E-state index is 5.40. The van der Waals surface area contributed by atoms with Crippen LogP contribution in [0.5, 0.6) is 0 Å². The number of aromatic nitrogens is 2. The zero-order chi connectivity index (χ0) is 10.7. The summed E-state index contributed by atoms with van der Waals surface area (Å²) in [5.74, 6) is 1.38. The number of hydrogen-bond donors (Lipinski definition) is 1. The first-order valence-corrected chi connectivity index (χ1v) is 5.86. The lowest BCUT2D eigenvalue weighted by atomic mass is 9.98. The highest BCUT2D eigenvalue weighted by Crippen LogP contribution is 2.23. The number of halogens is 1. The summed E-state index contributed by atoms with van der Waals surface area (Å²) >= 11 is 3.42. The molecule has 2 unspecified atom stereocenters. The lowest BCUT2D eigenvalue weighted by molar-refractivity contribution is 0.0537. The monoisotopic (exact) mass is 271 g/mol. The third kappa shape index (κ3) is 2.66. The van der Waals surface area contributed by atoms with E-state index >= 15 is 0 Å². The molecule has 1 aliphatic heterocycles. The maximum absolute atomic E-state index is 5.40. The number of ether oxygens (including phenoxy) is 1. The fourth-order valence-electron chi connectivity index (χ4n) is 1.69. The maximum Gasteiger partial charge on any atom is 0.143 e. The fraction of sp³-hybridized carbons (Fsp3) is 0.600. The van der Waals surface area contributed by atoms with E-state index in [1.165, 1.54) is 0 Å². The predicted molar refractivity (Wildman–Crippen MR) is 61.7 cm³/mol. The number of hydrogen-bond acceptors (Lipinski definition) is 4. The SMILES string of the molecule is CC1COCCC1Nc1ncncc1Br. The molecule has 5 heteroatoms. The van der Waals surface area contributed by atoms with Crippen LogP contribution in [0.4, 0.5) is 5.82 Å². The van der Waals surface area contributed by atoms with Crippen LogP contribution in [0, 0.1) is 5.92 Å². The van der Waals surface area contributed by atoms with E-state index in [2.05, 4.69) is 38.1 Å². The third-order valence-electron chi connectivity index (χ3n) is 2.63. The minimum atomic E-state index is 0.435. The smallest absolute Gasteiger partial charge is 0.143 e. The van der Waals surface area contributed by atoms with Gasteiger partial charge in [0.2, 0.25) is 0 Å². The van der Waals surface area contributed by atoms with Gasteiger partial charge in [0.25, 0.3) is 0 Å². The highest BCUT2D eigenvalue weighted by atomic mass is 79.9. The Morgan fingerprint density at radius 2 is 2.47 bits per heavy atom. The molecule has 0 bridgehead atoms. The highest BCUT2D eigenvalue weighted by molar-refractivity contribution is 9.10. The summed E-state index contributed by atoms with van der Waals surface area (Å²) < 4.78 is 6.30. The van der Waals surface area contributed by atoms with Crippen molar-refractivity contribution in [2.75, 3.05) is 18.5 Å². The van der Waals surface area contributed by atoms with Gasteiger partial charge in [0, 0.05) is 18.8 Å². The van der Waals surface area contributed by atoms with Crippen molar-refractivity contribution >= 4 is 21.7 Å². The van der Waals surface area contributed by atoms with Crippen LogP contribution in [0.1, 0.15) is 13.3 Å². The van der Waals surface area contributed by atoms with Crippen molar-refractivity contribution in [2.45, 2.75) is 19.4 Å². The van der Waals surface area contributed by atoms with Gasteiger partial charge in [0.15, 0.2) is 0 Å². The molecule has 1 saturated heterocycles. The van der Waals surface area contributed by atoms with E-state index in [0.29, 0.717) is 12.0 Å². The second-order valence-electron chi connectivity index (χ2n) is 3.81. The molecule has 1 aromatic rings. The van der Waals surface area contributed by atoms with E-state index < -0.39 is 0 Å². The molecular weight excluding hydrogens is 258 g/mol. The molecule has 0 amide bonds. The van der Waals surface area contributed by atoms with Gasteiger partial charge in [-0.15, -0.1) is 0 Å². The largest absolute Gasteiger partial charge is 0.381 e. The summed E-state index contributed by atoms with van der Waals surface area (Å²) in [6.45, 7) is 3.83. The molecule has 0 saturated carbocycles. The lowest BCUT2D eigenvalue weighted by Gasteiger charge is -2.30. The van der Waals surface area contributed by atoms with Crippen LogP contribution in [0.25, 0.3) is 0 Å². The molecule has 0 radical (unpaired) electrons. The Labute approximate surface area is 97.6 Å². The Morgan fingerprint density at radius 1 is 1.60 bits per heavy atom. The summed E-state index contributed by atoms with van der Waals surface area (Å²) in [6.07, 6.45) is 4.33. The zero-order valence-electron chi connectivity index (χ0n) is 8.61. The van der Waals surface area contributed by atoms with Gasteiger partial charge >= 0.3 is 0 Å². The van der Waals surface area contributed by atoms with E-state index in [-0.39, 0.29) is 0 Å². The van der Waals surface area contributed by atoms with Crippen molar-refractivity contribution < 1.29 is 4.74 Å². The van der Waals surface area contributed by atoms with Gasteiger partial charge < -0.3 is 10.1 Å². The van der Waals surface area contributed by atoms with Crippen molar-refractivity contribution in [2.24, 2.45) is 5.92 Å². The minimum absolute atomic E-state index is 0.435. The van der Waals surface area contributed by atoms with Gasteiger partial charge in [-0.1, -0.05) is 6.92 Å². The van der Waals surface area contributed by atoms with Gasteiger partial charge in [0.05, 0.1) is 11.1 Å². The topological polar surface area (TPSA) is 47.0 Å². The van der Waals surface area contributed by atoms with E-state index in [0.717, 1.165) is 29.9 Å². The molecule has 1 aromatic heterocycles. The van der Waals surface area contributed by atoms with Crippen molar-refractivity contribution in [1.82, 2.24) is 9.97 Å². The van der Waals surface area contributed by atoms with Gasteiger partial charge in [-0.2, -0.15) is 0 Å². The average molecular weight is 272 g/mol. The lowest BCUT2D eigenvalue weighted by Crippen LogP contribution is -2.36. The number of nitrogens with zero attached hydrogens (tertiary/aromatic N) is 2. The average Bonchev–Trinajstić information content (AvgIpc) is 2.24. The number of nitrogens with one attached hydrogen (secondary N) is 1. The van der Waals surface area contributed by atoms with Crippen molar-refractivity contribution in [1.29, 1.82) is 0 Å². The molecule has 82 valence electrons. The van der Waals surface area contributed by atoms with E-state index in [4.69, 9.17) is 4.74 Å². The molecular formula is C10H14BrN3O. The van der Waals surface area contributed by atoms with Crippen LogP contribution in [-0.4, -0.2) is 29.2 Å². The third-order valence-corrected chi connectivity index (χ3v) is 3.21. The van der Waals surface area contributed by atoms with Gasteiger partial charge in [0.1, 0.15) is 12.1 Å². The first-order valence-electron chi connectivity index (χ1n) is 5.07. The fourth-order valence-corrected chi connectivity index (χ4v) is 2.02. The summed E-state index contributed by atoms with van der Waals surface area (Å²) in [7, 11) is 0. The first kappa shape index (κ1) is 10.8. The number of rotatable bonds is 2. The Hall–Kier alpha value is -0.680. The normalized spacial score (nSPS) is 26.3. The number of anilines is 1. The summed E-state index contributed by atoms with van der Waals surface area (Å²) in [4.78, 5) is 8.13. The second kappa shape index (κ2) is 4.90. The highest BCUT2D eigenvalue weighted by Gasteiger charge is 2.22. The van der Waals surface area contributed by atoms with E-state index in [1.54, 1.807) is 12.5 Å². The summed E-state index contributed by atoms with van der Waals surface area (Å²) in [6, 6.07) is 0.435. The standard InChI is InChI=1S/C10H14BrN3O/c1-7-5-15-3-2-9(7)14-10-8(11)4-12-6-13-10/h4,6-7,9H,2-3,5H2,1H3,(H,12,13,14). The van der Waals surface area contributed by atoms with Gasteiger partial charge in [-0.25, -0.2) is 9.97 Å². The van der Waals surface area contributed by atoms with Crippen LogP contribution in [0.3, 0.4) is 0 Å². The molecule has 0 spiro atoms. The van der Waals surface area contributed by atoms with Gasteiger partial charge in [-0.3, -0.25) is 0 Å². The molecule has 15 heavy (non-hydrogen) atoms. The zero-order valence-corrected chi connectivity index (χ0v) is 10.2. The van der Waals surface area contributed by atoms with Crippen molar-refractivity contribution in [3.63, 3.8) is 0 Å². The molecule has 1 N–H and O–H groups in total. The molecule has 1 fully saturated rings. The van der Waals surface area contributed by atoms with Crippen molar-refractivity contribution in [3.05, 3.63) is 17.0 Å². The molecule has 2 atom stereocenters. The molecule has 2 heterocycles. The van der Waals surface area contributed by atoms with Crippen LogP contribution in [-0.2, 0) is 4.74 Å². The van der Waals surface area contributed by atoms with Crippen molar-refractivity contribution in [3.8, 4) is 0 Å².